The fourth-order valence-corrected chi connectivity index (χ4v) is 6.02. The highest BCUT2D eigenvalue weighted by Crippen LogP contribution is 2.16. The van der Waals surface area contributed by atoms with Crippen LogP contribution in [-0.2, 0) is 14.4 Å². The molecule has 0 fully saturated rings. The number of carboxylic acid groups (broad SMARTS) is 1. The summed E-state index contributed by atoms with van der Waals surface area (Å²) in [4.78, 5) is 37.6. The van der Waals surface area contributed by atoms with E-state index in [-0.39, 0.29) is 24.7 Å². The van der Waals surface area contributed by atoms with Crippen LogP contribution < -0.4 is 0 Å². The molecule has 0 aromatic heterocycles. The van der Waals surface area contributed by atoms with E-state index in [2.05, 4.69) is 13.8 Å². The maximum atomic E-state index is 12.7. The summed E-state index contributed by atoms with van der Waals surface area (Å²) in [6.45, 7) is 4.02. The summed E-state index contributed by atoms with van der Waals surface area (Å²) < 4.78 is 0. The first kappa shape index (κ1) is 41.6. The number of hydrogen-bond donors (Lipinski definition) is 1. The molecule has 0 unspecified atom stereocenters. The minimum Gasteiger partial charge on any atom is -0.480 e. The van der Waals surface area contributed by atoms with Gasteiger partial charge in [0.05, 0.1) is 0 Å². The van der Waals surface area contributed by atoms with Crippen LogP contribution in [0, 0.1) is 0 Å². The number of rotatable bonds is 34. The van der Waals surface area contributed by atoms with Crippen LogP contribution >= 0.6 is 0 Å². The lowest BCUT2D eigenvalue weighted by atomic mass is 10.0. The summed E-state index contributed by atoms with van der Waals surface area (Å²) in [6.07, 6.45) is 38.4. The molecule has 1 N–H and O–H groups in total. The van der Waals surface area contributed by atoms with E-state index >= 15 is 0 Å². The highest BCUT2D eigenvalue weighted by Gasteiger charge is 2.23. The third-order valence-electron chi connectivity index (χ3n) is 8.88. The number of hydrogen-bond acceptors (Lipinski definition) is 3. The number of carboxylic acids is 1. The lowest BCUT2D eigenvalue weighted by molar-refractivity contribution is -0.152. The van der Waals surface area contributed by atoms with Crippen molar-refractivity contribution in [1.29, 1.82) is 0 Å². The molecule has 0 atom stereocenters. The smallest absolute Gasteiger partial charge is 0.323 e. The summed E-state index contributed by atoms with van der Waals surface area (Å²) in [6, 6.07) is 0. The summed E-state index contributed by atoms with van der Waals surface area (Å²) in [5.41, 5.74) is 0. The monoisotopic (exact) mass is 608 g/mol. The Morgan fingerprint density at radius 1 is 0.372 bits per heavy atom. The third-order valence-corrected chi connectivity index (χ3v) is 8.88. The number of amides is 2. The van der Waals surface area contributed by atoms with Gasteiger partial charge in [-0.1, -0.05) is 194 Å². The van der Waals surface area contributed by atoms with Gasteiger partial charge in [0.1, 0.15) is 6.54 Å². The molecule has 254 valence electrons. The van der Waals surface area contributed by atoms with Crippen molar-refractivity contribution in [3.05, 3.63) is 0 Å². The van der Waals surface area contributed by atoms with E-state index < -0.39 is 12.5 Å². The number of imide groups is 1. The van der Waals surface area contributed by atoms with Gasteiger partial charge in [-0.05, 0) is 12.8 Å². The van der Waals surface area contributed by atoms with Gasteiger partial charge in [0.15, 0.2) is 0 Å². The minimum atomic E-state index is -1.12. The van der Waals surface area contributed by atoms with Gasteiger partial charge < -0.3 is 5.11 Å². The molecule has 0 aliphatic rings. The average molecular weight is 608 g/mol. The number of unbranched alkanes of at least 4 members (excludes halogenated alkanes) is 28. The van der Waals surface area contributed by atoms with Crippen LogP contribution in [0.1, 0.15) is 219 Å². The van der Waals surface area contributed by atoms with Crippen molar-refractivity contribution in [3.63, 3.8) is 0 Å². The maximum Gasteiger partial charge on any atom is 0.323 e. The number of nitrogens with zero attached hydrogens (tertiary/aromatic N) is 1. The molecule has 0 saturated carbocycles. The Kier molecular flexibility index (Phi) is 32.4. The summed E-state index contributed by atoms with van der Waals surface area (Å²) in [5, 5.41) is 9.24. The number of carbonyl (C=O) groups excluding carboxylic acids is 2. The Morgan fingerprint density at radius 2 is 0.581 bits per heavy atom. The van der Waals surface area contributed by atoms with Crippen LogP contribution in [0.3, 0.4) is 0 Å². The molecule has 5 heteroatoms. The largest absolute Gasteiger partial charge is 0.480 e. The van der Waals surface area contributed by atoms with Crippen LogP contribution in [0.15, 0.2) is 0 Å². The van der Waals surface area contributed by atoms with Gasteiger partial charge in [-0.2, -0.15) is 0 Å². The highest BCUT2D eigenvalue weighted by molar-refractivity contribution is 5.97. The third kappa shape index (κ3) is 30.4. The number of carbonyl (C=O) groups is 3. The Morgan fingerprint density at radius 3 is 0.791 bits per heavy atom. The topological polar surface area (TPSA) is 74.7 Å². The predicted molar refractivity (Wildman–Crippen MR) is 183 cm³/mol. The molecule has 5 nitrogen and oxygen atoms in total. The van der Waals surface area contributed by atoms with Gasteiger partial charge >= 0.3 is 5.97 Å². The lowest BCUT2D eigenvalue weighted by Crippen LogP contribution is -2.40. The van der Waals surface area contributed by atoms with E-state index in [4.69, 9.17) is 0 Å². The van der Waals surface area contributed by atoms with E-state index in [1.54, 1.807) is 0 Å². The van der Waals surface area contributed by atoms with Crippen LogP contribution in [0.2, 0.25) is 0 Å². The van der Waals surface area contributed by atoms with Crippen molar-refractivity contribution in [2.45, 2.75) is 219 Å². The van der Waals surface area contributed by atoms with E-state index in [0.29, 0.717) is 0 Å². The zero-order valence-electron chi connectivity index (χ0n) is 29.0. The summed E-state index contributed by atoms with van der Waals surface area (Å²) in [7, 11) is 0. The van der Waals surface area contributed by atoms with Gasteiger partial charge in [-0.15, -0.1) is 0 Å². The molecule has 0 bridgehead atoms. The van der Waals surface area contributed by atoms with Gasteiger partial charge in [-0.25, -0.2) is 0 Å². The molecule has 0 aliphatic heterocycles. The van der Waals surface area contributed by atoms with E-state index in [1.807, 2.05) is 0 Å². The van der Waals surface area contributed by atoms with Crippen molar-refractivity contribution in [3.8, 4) is 0 Å². The first-order chi connectivity index (χ1) is 21.0. The quantitative estimate of drug-likeness (QED) is 0.0738. The summed E-state index contributed by atoms with van der Waals surface area (Å²) in [5.74, 6) is -1.75. The lowest BCUT2D eigenvalue weighted by Gasteiger charge is -2.19. The SMILES string of the molecule is CCCCCCCCCCCCCCCCCC(=O)N(CC(=O)O)C(=O)CCCCCCCCCCCCCCCCC. The molecule has 0 heterocycles. The summed E-state index contributed by atoms with van der Waals surface area (Å²) >= 11 is 0. The Bertz CT molecular complexity index is 589. The molecule has 0 aliphatic carbocycles. The van der Waals surface area contributed by atoms with Gasteiger partial charge in [-0.3, -0.25) is 19.3 Å². The molecule has 0 saturated heterocycles. The van der Waals surface area contributed by atoms with Crippen molar-refractivity contribution in [1.82, 2.24) is 4.90 Å². The molecule has 2 amide bonds. The van der Waals surface area contributed by atoms with Gasteiger partial charge in [0, 0.05) is 12.8 Å². The van der Waals surface area contributed by atoms with E-state index in [0.717, 1.165) is 43.4 Å². The Labute approximate surface area is 267 Å². The molecule has 0 spiro atoms. The van der Waals surface area contributed by atoms with Crippen LogP contribution in [0.25, 0.3) is 0 Å². The molecular weight excluding hydrogens is 534 g/mol. The second-order valence-electron chi connectivity index (χ2n) is 13.2. The van der Waals surface area contributed by atoms with Gasteiger partial charge in [0.25, 0.3) is 0 Å². The Hall–Kier alpha value is -1.39. The van der Waals surface area contributed by atoms with Crippen molar-refractivity contribution in [2.24, 2.45) is 0 Å². The molecule has 0 aromatic rings. The predicted octanol–water partition coefficient (Wildman–Crippen LogP) is 11.9. The fourth-order valence-electron chi connectivity index (χ4n) is 6.02. The Balaban J connectivity index is 3.76. The standard InChI is InChI=1S/C38H73NO4/c1-3-5-7-9-11-13-15-17-19-21-23-25-27-29-31-33-36(40)39(35-38(42)43)37(41)34-32-30-28-26-24-22-20-18-16-14-12-10-8-6-4-2/h3-35H2,1-2H3,(H,42,43). The first-order valence-electron chi connectivity index (χ1n) is 19.1. The maximum absolute atomic E-state index is 12.7. The highest BCUT2D eigenvalue weighted by atomic mass is 16.4. The molecular formula is C38H73NO4. The van der Waals surface area contributed by atoms with Crippen LogP contribution in [0.5, 0.6) is 0 Å². The zero-order valence-corrected chi connectivity index (χ0v) is 29.0. The normalized spacial score (nSPS) is 11.2. The zero-order chi connectivity index (χ0) is 31.6. The first-order valence-corrected chi connectivity index (χ1v) is 19.1. The van der Waals surface area contributed by atoms with Crippen molar-refractivity contribution >= 4 is 17.8 Å². The fraction of sp³-hybridized carbons (Fsp3) is 0.921. The van der Waals surface area contributed by atoms with Crippen LogP contribution in [-0.4, -0.2) is 34.3 Å². The van der Waals surface area contributed by atoms with Crippen LogP contribution in [0.4, 0.5) is 0 Å². The second kappa shape index (κ2) is 33.5. The van der Waals surface area contributed by atoms with E-state index in [1.165, 1.54) is 154 Å². The van der Waals surface area contributed by atoms with Crippen molar-refractivity contribution in [2.75, 3.05) is 6.54 Å². The number of aliphatic carboxylic acids is 1. The molecule has 0 rings (SSSR count). The van der Waals surface area contributed by atoms with Gasteiger partial charge in [0.2, 0.25) is 11.8 Å². The van der Waals surface area contributed by atoms with Crippen molar-refractivity contribution < 1.29 is 19.5 Å². The molecule has 0 radical (unpaired) electrons. The second-order valence-corrected chi connectivity index (χ2v) is 13.2. The minimum absolute atomic E-state index is 0.274. The molecule has 0 aromatic carbocycles. The van der Waals surface area contributed by atoms with E-state index in [9.17, 15) is 19.5 Å². The molecule has 43 heavy (non-hydrogen) atoms. The average Bonchev–Trinajstić information content (AvgIpc) is 2.99.